The molecule has 28 heavy (non-hydrogen) atoms. The predicted octanol–water partition coefficient (Wildman–Crippen LogP) is 0.600. The van der Waals surface area contributed by atoms with Crippen LogP contribution in [0.3, 0.4) is 0 Å². The lowest BCUT2D eigenvalue weighted by Gasteiger charge is -2.34. The summed E-state index contributed by atoms with van der Waals surface area (Å²) in [6, 6.07) is 0. The zero-order chi connectivity index (χ0) is 19.8. The van der Waals surface area contributed by atoms with Crippen LogP contribution >= 0.6 is 11.8 Å². The fourth-order valence-electron chi connectivity index (χ4n) is 3.83. The zero-order valence-corrected chi connectivity index (χ0v) is 18.5. The van der Waals surface area contributed by atoms with Crippen LogP contribution in [0, 0.1) is 0 Å². The smallest absolute Gasteiger partial charge is 0.215 e. The Balaban J connectivity index is 1.36. The average molecular weight is 435 g/mol. The molecule has 0 saturated carbocycles. The molecule has 0 bridgehead atoms. The van der Waals surface area contributed by atoms with Gasteiger partial charge in [-0.1, -0.05) is 0 Å². The molecular weight excluding hydrogens is 400 g/mol. The molecule has 1 N–H and O–H groups in total. The van der Waals surface area contributed by atoms with Gasteiger partial charge in [0.25, 0.3) is 0 Å². The van der Waals surface area contributed by atoms with Gasteiger partial charge in [0.1, 0.15) is 0 Å². The summed E-state index contributed by atoms with van der Waals surface area (Å²) in [5.41, 5.74) is 0. The molecule has 1 atom stereocenters. The highest BCUT2D eigenvalue weighted by Gasteiger charge is 2.26. The van der Waals surface area contributed by atoms with E-state index >= 15 is 0 Å². The van der Waals surface area contributed by atoms with Gasteiger partial charge < -0.3 is 19.7 Å². The van der Waals surface area contributed by atoms with Crippen LogP contribution in [0.4, 0.5) is 0 Å². The Morgan fingerprint density at radius 2 is 1.96 bits per heavy atom. The molecule has 0 spiro atoms. The number of guanidine groups is 1. The van der Waals surface area contributed by atoms with E-state index < -0.39 is 10.0 Å². The van der Waals surface area contributed by atoms with Crippen molar-refractivity contribution in [1.29, 1.82) is 0 Å². The van der Waals surface area contributed by atoms with Gasteiger partial charge in [0.15, 0.2) is 5.96 Å². The van der Waals surface area contributed by atoms with Crippen LogP contribution in [-0.4, -0.2) is 106 Å². The predicted molar refractivity (Wildman–Crippen MR) is 114 cm³/mol. The van der Waals surface area contributed by atoms with Crippen molar-refractivity contribution in [2.45, 2.75) is 37.9 Å². The van der Waals surface area contributed by atoms with E-state index in [1.165, 1.54) is 0 Å². The molecule has 3 fully saturated rings. The van der Waals surface area contributed by atoms with Gasteiger partial charge in [-0.05, 0) is 25.7 Å². The molecule has 3 rings (SSSR count). The maximum absolute atomic E-state index is 12.5. The lowest BCUT2D eigenvalue weighted by atomic mass is 10.1. The van der Waals surface area contributed by atoms with Crippen LogP contribution in [0.25, 0.3) is 0 Å². The molecule has 3 aliphatic rings. The molecule has 3 saturated heterocycles. The van der Waals surface area contributed by atoms with Gasteiger partial charge in [-0.25, -0.2) is 12.7 Å². The summed E-state index contributed by atoms with van der Waals surface area (Å²) in [6.07, 6.45) is 4.70. The summed E-state index contributed by atoms with van der Waals surface area (Å²) < 4.78 is 38.2. The fourth-order valence-corrected chi connectivity index (χ4v) is 6.32. The molecule has 0 aromatic carbocycles. The van der Waals surface area contributed by atoms with Crippen LogP contribution in [0.5, 0.6) is 0 Å². The van der Waals surface area contributed by atoms with E-state index in [2.05, 4.69) is 15.2 Å². The van der Waals surface area contributed by atoms with Crippen LogP contribution in [-0.2, 0) is 19.5 Å². The van der Waals surface area contributed by atoms with E-state index in [-0.39, 0.29) is 18.0 Å². The van der Waals surface area contributed by atoms with Gasteiger partial charge in [0.05, 0.1) is 24.6 Å². The maximum atomic E-state index is 12.5. The molecule has 162 valence electrons. The van der Waals surface area contributed by atoms with Crippen LogP contribution in [0.2, 0.25) is 0 Å². The van der Waals surface area contributed by atoms with Crippen LogP contribution < -0.4 is 5.32 Å². The Morgan fingerprint density at radius 1 is 1.21 bits per heavy atom. The van der Waals surface area contributed by atoms with Gasteiger partial charge in [-0.2, -0.15) is 11.8 Å². The molecule has 1 unspecified atom stereocenters. The molecule has 10 heteroatoms. The largest absolute Gasteiger partial charge is 0.376 e. The van der Waals surface area contributed by atoms with Crippen LogP contribution in [0.15, 0.2) is 4.99 Å². The van der Waals surface area contributed by atoms with Crippen molar-refractivity contribution in [2.24, 2.45) is 4.99 Å². The number of nitrogens with zero attached hydrogens (tertiary/aromatic N) is 3. The third-order valence-corrected chi connectivity index (χ3v) is 8.32. The first-order valence-electron chi connectivity index (χ1n) is 10.3. The summed E-state index contributed by atoms with van der Waals surface area (Å²) in [6.45, 7) is 4.93. The van der Waals surface area contributed by atoms with Crippen LogP contribution in [0.1, 0.15) is 25.7 Å². The number of sulfonamides is 1. The molecular formula is C18H34N4O4S2. The van der Waals surface area contributed by atoms with Gasteiger partial charge in [0.2, 0.25) is 10.0 Å². The van der Waals surface area contributed by atoms with E-state index in [0.717, 1.165) is 62.8 Å². The topological polar surface area (TPSA) is 83.5 Å². The standard InChI is InChI=1S/C18H34N4O4S2/c1-19-18(20-6-14-28(23,24)22-9-12-27-13-10-22)21-7-4-16(5-8-21)26-15-17-3-2-11-25-17/h16-17H,2-15H2,1H3,(H,19,20). The van der Waals surface area contributed by atoms with Gasteiger partial charge >= 0.3 is 0 Å². The maximum Gasteiger partial charge on any atom is 0.215 e. The third kappa shape index (κ3) is 6.48. The number of thioether (sulfide) groups is 1. The normalized spacial score (nSPS) is 26.0. The highest BCUT2D eigenvalue weighted by Crippen LogP contribution is 2.18. The first-order valence-corrected chi connectivity index (χ1v) is 13.1. The van der Waals surface area contributed by atoms with E-state index in [9.17, 15) is 8.42 Å². The molecule has 0 radical (unpaired) electrons. The molecule has 0 aromatic rings. The Hall–Kier alpha value is -0.550. The highest BCUT2D eigenvalue weighted by atomic mass is 32.2. The lowest BCUT2D eigenvalue weighted by molar-refractivity contribution is -0.0367. The minimum atomic E-state index is -3.19. The fraction of sp³-hybridized carbons (Fsp3) is 0.944. The number of hydrogen-bond donors (Lipinski definition) is 1. The number of hydrogen-bond acceptors (Lipinski definition) is 6. The minimum absolute atomic E-state index is 0.109. The summed E-state index contributed by atoms with van der Waals surface area (Å²) in [7, 11) is -1.44. The van der Waals surface area contributed by atoms with Gasteiger partial charge in [-0.15, -0.1) is 0 Å². The first kappa shape index (κ1) is 22.1. The van der Waals surface area contributed by atoms with E-state index in [0.29, 0.717) is 26.2 Å². The molecule has 3 heterocycles. The second kappa shape index (κ2) is 11.0. The Bertz CT molecular complexity index is 597. The van der Waals surface area contributed by atoms with Crippen molar-refractivity contribution in [1.82, 2.24) is 14.5 Å². The van der Waals surface area contributed by atoms with E-state index in [1.54, 1.807) is 11.4 Å². The van der Waals surface area contributed by atoms with Crippen molar-refractivity contribution >= 4 is 27.7 Å². The Morgan fingerprint density at radius 3 is 2.61 bits per heavy atom. The molecule has 3 aliphatic heterocycles. The van der Waals surface area contributed by atoms with Crippen molar-refractivity contribution in [3.8, 4) is 0 Å². The Labute approximate surface area is 173 Å². The molecule has 8 nitrogen and oxygen atoms in total. The second-order valence-corrected chi connectivity index (χ2v) is 10.8. The second-order valence-electron chi connectivity index (χ2n) is 7.46. The van der Waals surface area contributed by atoms with Crippen molar-refractivity contribution in [3.05, 3.63) is 0 Å². The molecule has 0 aromatic heterocycles. The SMILES string of the molecule is CN=C(NCCS(=O)(=O)N1CCSCC1)N1CCC(OCC2CCCO2)CC1. The van der Waals surface area contributed by atoms with Crippen molar-refractivity contribution < 1.29 is 17.9 Å². The Kier molecular flexibility index (Phi) is 8.71. The monoisotopic (exact) mass is 434 g/mol. The van der Waals surface area contributed by atoms with E-state index in [4.69, 9.17) is 9.47 Å². The highest BCUT2D eigenvalue weighted by molar-refractivity contribution is 7.99. The summed E-state index contributed by atoms with van der Waals surface area (Å²) in [4.78, 5) is 6.53. The first-order chi connectivity index (χ1) is 13.6. The lowest BCUT2D eigenvalue weighted by Crippen LogP contribution is -2.49. The van der Waals surface area contributed by atoms with Crippen molar-refractivity contribution in [3.63, 3.8) is 0 Å². The number of rotatable bonds is 7. The third-order valence-electron chi connectivity index (χ3n) is 5.50. The summed E-state index contributed by atoms with van der Waals surface area (Å²) in [5, 5.41) is 3.23. The van der Waals surface area contributed by atoms with Crippen molar-refractivity contribution in [2.75, 3.05) is 70.2 Å². The van der Waals surface area contributed by atoms with Gasteiger partial charge in [0, 0.05) is 57.9 Å². The molecule has 0 amide bonds. The number of ether oxygens (including phenoxy) is 2. The number of nitrogens with one attached hydrogen (secondary N) is 1. The van der Waals surface area contributed by atoms with Gasteiger partial charge in [-0.3, -0.25) is 4.99 Å². The van der Waals surface area contributed by atoms with E-state index in [1.807, 2.05) is 11.8 Å². The number of aliphatic imine (C=N–C) groups is 1. The zero-order valence-electron chi connectivity index (χ0n) is 16.8. The number of piperidine rings is 1. The average Bonchev–Trinajstić information content (AvgIpc) is 3.25. The molecule has 0 aliphatic carbocycles. The number of likely N-dealkylation sites (tertiary alicyclic amines) is 1. The summed E-state index contributed by atoms with van der Waals surface area (Å²) >= 11 is 1.81. The summed E-state index contributed by atoms with van der Waals surface area (Å²) in [5.74, 6) is 2.66. The quantitative estimate of drug-likeness (QED) is 0.464. The minimum Gasteiger partial charge on any atom is -0.376 e.